The van der Waals surface area contributed by atoms with Crippen LogP contribution >= 0.6 is 0 Å². The number of hydrogen-bond acceptors (Lipinski definition) is 5. The van der Waals surface area contributed by atoms with Gasteiger partial charge in [0.2, 0.25) is 5.91 Å². The minimum atomic E-state index is -0.700. The van der Waals surface area contributed by atoms with Crippen molar-refractivity contribution in [3.05, 3.63) is 36.5 Å². The number of aliphatic hydroxyl groups is 2. The molecule has 0 aliphatic carbocycles. The van der Waals surface area contributed by atoms with Gasteiger partial charge in [0.15, 0.2) is 0 Å². The lowest BCUT2D eigenvalue weighted by Gasteiger charge is -2.22. The largest absolute Gasteiger partial charge is 0.466 e. The van der Waals surface area contributed by atoms with Crippen molar-refractivity contribution in [1.29, 1.82) is 0 Å². The van der Waals surface area contributed by atoms with Gasteiger partial charge in [-0.2, -0.15) is 0 Å². The number of rotatable bonds is 54. The standard InChI is InChI=1S/C60H113NO5/c1-3-5-7-9-11-13-15-17-19-21-22-24-26-30-34-38-42-46-50-54-60(65)66-55-51-47-43-39-35-31-27-29-33-37-41-45-49-53-59(64)61-57(56-62)58(63)52-48-44-40-36-32-28-25-23-20-18-16-14-12-10-8-6-4-2/h17,19,29,33,41,45,57-58,62-63H,3-16,18,20-28,30-32,34-40,42-44,46-56H2,1-2H3,(H,61,64)/b19-17-,33-29-,45-41-. The minimum Gasteiger partial charge on any atom is -0.466 e. The average Bonchev–Trinajstić information content (AvgIpc) is 3.32. The Bertz CT molecular complexity index is 1070. The number of carbonyl (C=O) groups is 2. The summed E-state index contributed by atoms with van der Waals surface area (Å²) >= 11 is 0. The molecule has 66 heavy (non-hydrogen) atoms. The normalized spacial score (nSPS) is 12.8. The van der Waals surface area contributed by atoms with Crippen LogP contribution < -0.4 is 5.32 Å². The molecule has 0 aromatic rings. The van der Waals surface area contributed by atoms with E-state index in [1.807, 2.05) is 6.08 Å². The number of nitrogens with one attached hydrogen (secondary N) is 1. The molecule has 0 saturated carbocycles. The van der Waals surface area contributed by atoms with Crippen LogP contribution in [0.25, 0.3) is 0 Å². The molecule has 0 saturated heterocycles. The highest BCUT2D eigenvalue weighted by molar-refractivity contribution is 5.76. The van der Waals surface area contributed by atoms with E-state index in [1.165, 1.54) is 218 Å². The Morgan fingerprint density at radius 2 is 0.773 bits per heavy atom. The number of esters is 1. The molecular formula is C60H113NO5. The van der Waals surface area contributed by atoms with E-state index in [0.29, 0.717) is 32.3 Å². The van der Waals surface area contributed by atoms with Gasteiger partial charge in [0.25, 0.3) is 0 Å². The zero-order valence-electron chi connectivity index (χ0n) is 44.2. The van der Waals surface area contributed by atoms with Gasteiger partial charge in [-0.15, -0.1) is 0 Å². The first-order chi connectivity index (χ1) is 32.5. The molecule has 0 fully saturated rings. The smallest absolute Gasteiger partial charge is 0.305 e. The fraction of sp³-hybridized carbons (Fsp3) is 0.867. The summed E-state index contributed by atoms with van der Waals surface area (Å²) in [4.78, 5) is 24.5. The van der Waals surface area contributed by atoms with Crippen LogP contribution in [-0.4, -0.2) is 47.4 Å². The predicted molar refractivity (Wildman–Crippen MR) is 287 cm³/mol. The second kappa shape index (κ2) is 55.7. The zero-order valence-corrected chi connectivity index (χ0v) is 44.2. The fourth-order valence-electron chi connectivity index (χ4n) is 8.92. The van der Waals surface area contributed by atoms with E-state index in [-0.39, 0.29) is 18.5 Å². The summed E-state index contributed by atoms with van der Waals surface area (Å²) in [7, 11) is 0. The predicted octanol–water partition coefficient (Wildman–Crippen LogP) is 18.0. The van der Waals surface area contributed by atoms with E-state index >= 15 is 0 Å². The third kappa shape index (κ3) is 51.5. The van der Waals surface area contributed by atoms with Gasteiger partial charge in [-0.1, -0.05) is 262 Å². The second-order valence-corrected chi connectivity index (χ2v) is 20.0. The summed E-state index contributed by atoms with van der Waals surface area (Å²) in [6.07, 6.45) is 68.6. The third-order valence-corrected chi connectivity index (χ3v) is 13.4. The van der Waals surface area contributed by atoms with Crippen molar-refractivity contribution < 1.29 is 24.5 Å². The SMILES string of the molecule is CCCCCCCC/C=C\CCCCCCCCCCCC(=O)OCCCCCCCC/C=C\C/C=C\CCC(=O)NC(CO)C(O)CCCCCCCCCCCCCCCCCCC. The Morgan fingerprint density at radius 3 is 1.20 bits per heavy atom. The minimum absolute atomic E-state index is 0.0172. The maximum atomic E-state index is 12.4. The van der Waals surface area contributed by atoms with Crippen molar-refractivity contribution in [2.24, 2.45) is 0 Å². The van der Waals surface area contributed by atoms with Crippen LogP contribution in [0.5, 0.6) is 0 Å². The maximum absolute atomic E-state index is 12.4. The molecule has 388 valence electrons. The highest BCUT2D eigenvalue weighted by Crippen LogP contribution is 2.17. The molecule has 0 spiro atoms. The van der Waals surface area contributed by atoms with Crippen LogP contribution in [0.3, 0.4) is 0 Å². The molecule has 2 unspecified atom stereocenters. The van der Waals surface area contributed by atoms with E-state index in [9.17, 15) is 19.8 Å². The molecule has 0 bridgehead atoms. The first-order valence-electron chi connectivity index (χ1n) is 29.2. The number of unbranched alkanes of at least 4 members (excludes halogenated alkanes) is 37. The van der Waals surface area contributed by atoms with Crippen LogP contribution in [0.4, 0.5) is 0 Å². The molecule has 6 nitrogen and oxygen atoms in total. The lowest BCUT2D eigenvalue weighted by molar-refractivity contribution is -0.143. The molecule has 0 aliphatic heterocycles. The summed E-state index contributed by atoms with van der Waals surface area (Å²) in [5, 5.41) is 23.2. The van der Waals surface area contributed by atoms with Gasteiger partial charge in [-0.05, 0) is 70.6 Å². The number of allylic oxidation sites excluding steroid dienone is 6. The maximum Gasteiger partial charge on any atom is 0.305 e. The molecule has 0 aliphatic rings. The Balaban J connectivity index is 3.52. The van der Waals surface area contributed by atoms with E-state index in [1.54, 1.807) is 0 Å². The van der Waals surface area contributed by atoms with Gasteiger partial charge in [0, 0.05) is 12.8 Å². The monoisotopic (exact) mass is 928 g/mol. The van der Waals surface area contributed by atoms with Crippen LogP contribution in [0.15, 0.2) is 36.5 Å². The first kappa shape index (κ1) is 64.1. The molecule has 0 heterocycles. The summed E-state index contributed by atoms with van der Waals surface area (Å²) in [6.45, 7) is 4.90. The van der Waals surface area contributed by atoms with Crippen molar-refractivity contribution in [2.75, 3.05) is 13.2 Å². The lowest BCUT2D eigenvalue weighted by Crippen LogP contribution is -2.45. The van der Waals surface area contributed by atoms with Gasteiger partial charge in [-0.3, -0.25) is 9.59 Å². The summed E-state index contributed by atoms with van der Waals surface area (Å²) in [5.41, 5.74) is 0. The van der Waals surface area contributed by atoms with Gasteiger partial charge in [-0.25, -0.2) is 0 Å². The van der Waals surface area contributed by atoms with Crippen molar-refractivity contribution >= 4 is 11.9 Å². The molecule has 1 amide bonds. The van der Waals surface area contributed by atoms with E-state index in [2.05, 4.69) is 49.5 Å². The Morgan fingerprint density at radius 1 is 0.424 bits per heavy atom. The number of amides is 1. The zero-order chi connectivity index (χ0) is 47.9. The third-order valence-electron chi connectivity index (χ3n) is 13.4. The first-order valence-corrected chi connectivity index (χ1v) is 29.2. The quantitative estimate of drug-likeness (QED) is 0.0321. The van der Waals surface area contributed by atoms with Crippen LogP contribution in [0.2, 0.25) is 0 Å². The molecule has 0 aromatic carbocycles. The summed E-state index contributed by atoms with van der Waals surface area (Å²) in [5.74, 6) is -0.131. The molecule has 6 heteroatoms. The number of carbonyl (C=O) groups excluding carboxylic acids is 2. The Labute approximate surface area is 411 Å². The van der Waals surface area contributed by atoms with Crippen LogP contribution in [0, 0.1) is 0 Å². The number of hydrogen-bond donors (Lipinski definition) is 3. The highest BCUT2D eigenvalue weighted by Gasteiger charge is 2.19. The Kier molecular flexibility index (Phi) is 54.1. The van der Waals surface area contributed by atoms with Gasteiger partial charge in [0.05, 0.1) is 25.4 Å². The molecule has 3 N–H and O–H groups in total. The lowest BCUT2D eigenvalue weighted by atomic mass is 10.0. The van der Waals surface area contributed by atoms with Crippen molar-refractivity contribution in [3.63, 3.8) is 0 Å². The fourth-order valence-corrected chi connectivity index (χ4v) is 8.92. The van der Waals surface area contributed by atoms with Crippen molar-refractivity contribution in [3.8, 4) is 0 Å². The second-order valence-electron chi connectivity index (χ2n) is 20.0. The molecule has 0 radical (unpaired) electrons. The molecule has 0 aromatic heterocycles. The van der Waals surface area contributed by atoms with Gasteiger partial charge in [0.1, 0.15) is 0 Å². The topological polar surface area (TPSA) is 95.9 Å². The molecule has 0 rings (SSSR count). The summed E-state index contributed by atoms with van der Waals surface area (Å²) in [6, 6.07) is -0.586. The van der Waals surface area contributed by atoms with Crippen molar-refractivity contribution in [2.45, 2.75) is 321 Å². The van der Waals surface area contributed by atoms with E-state index in [0.717, 1.165) is 51.4 Å². The average molecular weight is 929 g/mol. The van der Waals surface area contributed by atoms with Crippen LogP contribution in [-0.2, 0) is 14.3 Å². The van der Waals surface area contributed by atoms with Gasteiger partial charge >= 0.3 is 5.97 Å². The highest BCUT2D eigenvalue weighted by atomic mass is 16.5. The van der Waals surface area contributed by atoms with E-state index in [4.69, 9.17) is 4.74 Å². The summed E-state index contributed by atoms with van der Waals surface area (Å²) < 4.78 is 5.47. The van der Waals surface area contributed by atoms with Crippen LogP contribution in [0.1, 0.15) is 309 Å². The number of aliphatic hydroxyl groups excluding tert-OH is 2. The Hall–Kier alpha value is -1.92. The molecular weight excluding hydrogens is 815 g/mol. The molecule has 2 atom stereocenters. The number of ether oxygens (including phenoxy) is 1. The van der Waals surface area contributed by atoms with E-state index < -0.39 is 12.1 Å². The van der Waals surface area contributed by atoms with Gasteiger partial charge < -0.3 is 20.3 Å². The van der Waals surface area contributed by atoms with Crippen molar-refractivity contribution in [1.82, 2.24) is 5.32 Å².